The summed E-state index contributed by atoms with van der Waals surface area (Å²) < 4.78 is 17.4. The number of carbonyl (C=O) groups excluding carboxylic acids is 1. The van der Waals surface area contributed by atoms with E-state index in [1.54, 1.807) is 30.2 Å². The van der Waals surface area contributed by atoms with Crippen molar-refractivity contribution in [3.8, 4) is 17.2 Å². The largest absolute Gasteiger partial charge is 0.497 e. The van der Waals surface area contributed by atoms with Crippen molar-refractivity contribution >= 4 is 28.5 Å². The van der Waals surface area contributed by atoms with Gasteiger partial charge in [-0.25, -0.2) is 0 Å². The van der Waals surface area contributed by atoms with E-state index < -0.39 is 6.04 Å². The van der Waals surface area contributed by atoms with Crippen LogP contribution in [0.4, 0.5) is 0 Å². The highest BCUT2D eigenvalue weighted by molar-refractivity contribution is 6.31. The van der Waals surface area contributed by atoms with Crippen LogP contribution in [-0.2, 0) is 6.54 Å². The highest BCUT2D eigenvalue weighted by Crippen LogP contribution is 2.40. The van der Waals surface area contributed by atoms with Gasteiger partial charge in [0.25, 0.3) is 5.91 Å². The van der Waals surface area contributed by atoms with Crippen molar-refractivity contribution in [2.75, 3.05) is 7.11 Å². The lowest BCUT2D eigenvalue weighted by Gasteiger charge is -2.25. The molecule has 4 aromatic carbocycles. The van der Waals surface area contributed by atoms with Crippen LogP contribution in [0.15, 0.2) is 106 Å². The number of nitrogens with zero attached hydrogens (tertiary/aromatic N) is 1. The summed E-state index contributed by atoms with van der Waals surface area (Å²) in [5, 5.41) is 0.746. The minimum Gasteiger partial charge on any atom is -0.497 e. The predicted octanol–water partition coefficient (Wildman–Crippen LogP) is 6.99. The molecule has 2 heterocycles. The van der Waals surface area contributed by atoms with Crippen molar-refractivity contribution in [2.24, 2.45) is 0 Å². The number of ether oxygens (including phenoxy) is 2. The predicted molar refractivity (Wildman–Crippen MR) is 145 cm³/mol. The van der Waals surface area contributed by atoms with Crippen molar-refractivity contribution in [3.63, 3.8) is 0 Å². The van der Waals surface area contributed by atoms with Gasteiger partial charge in [0.1, 0.15) is 22.8 Å². The summed E-state index contributed by atoms with van der Waals surface area (Å²) in [5.41, 5.74) is 1.93. The van der Waals surface area contributed by atoms with Gasteiger partial charge in [0, 0.05) is 11.6 Å². The fourth-order valence-corrected chi connectivity index (χ4v) is 4.97. The van der Waals surface area contributed by atoms with E-state index in [9.17, 15) is 9.59 Å². The Morgan fingerprint density at radius 1 is 0.842 bits per heavy atom. The molecular weight excluding hydrogens is 502 g/mol. The Hall–Kier alpha value is -4.55. The van der Waals surface area contributed by atoms with E-state index >= 15 is 0 Å². The quantitative estimate of drug-likeness (QED) is 0.240. The second-order valence-corrected chi connectivity index (χ2v) is 9.42. The van der Waals surface area contributed by atoms with Gasteiger partial charge in [0.05, 0.1) is 24.1 Å². The average Bonchev–Trinajstić information content (AvgIpc) is 3.21. The zero-order chi connectivity index (χ0) is 26.2. The second-order valence-electron chi connectivity index (χ2n) is 8.99. The zero-order valence-corrected chi connectivity index (χ0v) is 21.1. The molecule has 0 saturated heterocycles. The average molecular weight is 524 g/mol. The van der Waals surface area contributed by atoms with Gasteiger partial charge in [-0.1, -0.05) is 54.1 Å². The molecule has 0 spiro atoms. The molecule has 1 aliphatic rings. The topological polar surface area (TPSA) is 69.0 Å². The first-order valence-corrected chi connectivity index (χ1v) is 12.4. The Kier molecular flexibility index (Phi) is 6.10. The van der Waals surface area contributed by atoms with Gasteiger partial charge in [-0.15, -0.1) is 0 Å². The number of amides is 1. The number of carbonyl (C=O) groups is 1. The molecule has 1 aliphatic heterocycles. The van der Waals surface area contributed by atoms with Gasteiger partial charge in [0.2, 0.25) is 5.76 Å². The molecule has 38 heavy (non-hydrogen) atoms. The van der Waals surface area contributed by atoms with E-state index in [-0.39, 0.29) is 29.2 Å². The summed E-state index contributed by atoms with van der Waals surface area (Å²) in [6.45, 7) is 0.262. The smallest absolute Gasteiger partial charge is 0.291 e. The number of methoxy groups -OCH3 is 1. The summed E-state index contributed by atoms with van der Waals surface area (Å²) in [5.74, 6) is 1.67. The second kappa shape index (κ2) is 9.72. The highest BCUT2D eigenvalue weighted by atomic mass is 35.5. The van der Waals surface area contributed by atoms with Crippen molar-refractivity contribution in [2.45, 2.75) is 12.6 Å². The number of hydrogen-bond donors (Lipinski definition) is 0. The number of rotatable bonds is 6. The third-order valence-corrected chi connectivity index (χ3v) is 6.83. The van der Waals surface area contributed by atoms with Crippen LogP contribution in [0.25, 0.3) is 11.0 Å². The molecule has 0 fully saturated rings. The van der Waals surface area contributed by atoms with Crippen LogP contribution >= 0.6 is 11.6 Å². The summed E-state index contributed by atoms with van der Waals surface area (Å²) in [6.07, 6.45) is 0. The lowest BCUT2D eigenvalue weighted by Crippen LogP contribution is -2.29. The fourth-order valence-electron chi connectivity index (χ4n) is 4.80. The van der Waals surface area contributed by atoms with Crippen molar-refractivity contribution < 1.29 is 18.7 Å². The number of hydrogen-bond acceptors (Lipinski definition) is 5. The Morgan fingerprint density at radius 3 is 2.37 bits per heavy atom. The minimum absolute atomic E-state index is 0.0396. The van der Waals surface area contributed by atoms with Crippen LogP contribution in [0, 0.1) is 0 Å². The van der Waals surface area contributed by atoms with Crippen molar-refractivity contribution in [1.82, 2.24) is 4.90 Å². The van der Waals surface area contributed by atoms with Gasteiger partial charge in [-0.2, -0.15) is 0 Å². The van der Waals surface area contributed by atoms with Crippen molar-refractivity contribution in [3.05, 3.63) is 135 Å². The molecule has 1 atom stereocenters. The van der Waals surface area contributed by atoms with Crippen LogP contribution in [0.2, 0.25) is 5.02 Å². The molecule has 1 aromatic heterocycles. The number of fused-ring (bicyclic) bond motifs is 2. The highest BCUT2D eigenvalue weighted by Gasteiger charge is 2.42. The van der Waals surface area contributed by atoms with E-state index in [0.29, 0.717) is 33.2 Å². The van der Waals surface area contributed by atoms with E-state index in [1.165, 1.54) is 0 Å². The molecule has 1 unspecified atom stereocenters. The Labute approximate surface area is 223 Å². The Morgan fingerprint density at radius 2 is 1.61 bits per heavy atom. The van der Waals surface area contributed by atoms with E-state index in [0.717, 1.165) is 11.1 Å². The van der Waals surface area contributed by atoms with Gasteiger partial charge in [-0.3, -0.25) is 9.59 Å². The monoisotopic (exact) mass is 523 g/mol. The number of halogens is 1. The van der Waals surface area contributed by atoms with E-state index in [2.05, 4.69) is 0 Å². The molecule has 0 aliphatic carbocycles. The molecule has 188 valence electrons. The third-order valence-electron chi connectivity index (χ3n) is 6.59. The molecule has 6 nitrogen and oxygen atoms in total. The summed E-state index contributed by atoms with van der Waals surface area (Å²) >= 11 is 6.20. The summed E-state index contributed by atoms with van der Waals surface area (Å²) in [7, 11) is 1.60. The van der Waals surface area contributed by atoms with Gasteiger partial charge in [0.15, 0.2) is 5.43 Å². The lowest BCUT2D eigenvalue weighted by atomic mass is 9.98. The molecule has 0 radical (unpaired) electrons. The maximum absolute atomic E-state index is 13.8. The molecule has 7 heteroatoms. The van der Waals surface area contributed by atoms with E-state index in [4.69, 9.17) is 25.5 Å². The first kappa shape index (κ1) is 23.8. The maximum Gasteiger partial charge on any atom is 0.291 e. The number of benzene rings is 4. The van der Waals surface area contributed by atoms with E-state index in [1.807, 2.05) is 78.9 Å². The van der Waals surface area contributed by atoms with Crippen LogP contribution in [0.3, 0.4) is 0 Å². The molecule has 0 N–H and O–H groups in total. The van der Waals surface area contributed by atoms with Gasteiger partial charge in [-0.05, 0) is 65.7 Å². The molecular formula is C31H22ClNO5. The lowest BCUT2D eigenvalue weighted by molar-refractivity contribution is 0.0714. The standard InChI is InChI=1S/C31H22ClNO5/c1-36-22-13-10-19(11-14-22)18-33-28(20-6-5-9-24(16-20)37-23-7-3-2-4-8-23)27-29(34)25-17-21(32)12-15-26(25)38-30(27)31(33)35/h2-17,28H,18H2,1H3. The third kappa shape index (κ3) is 4.29. The molecule has 0 saturated carbocycles. The zero-order valence-electron chi connectivity index (χ0n) is 20.4. The first-order chi connectivity index (χ1) is 18.5. The first-order valence-electron chi connectivity index (χ1n) is 12.0. The van der Waals surface area contributed by atoms with Crippen LogP contribution in [-0.4, -0.2) is 17.9 Å². The van der Waals surface area contributed by atoms with Crippen molar-refractivity contribution in [1.29, 1.82) is 0 Å². The summed E-state index contributed by atoms with van der Waals surface area (Å²) in [6, 6.07) is 28.5. The molecule has 0 bridgehead atoms. The normalized spacial score (nSPS) is 14.5. The fraction of sp³-hybridized carbons (Fsp3) is 0.0968. The minimum atomic E-state index is -0.682. The van der Waals surface area contributed by atoms with Crippen LogP contribution in [0.5, 0.6) is 17.2 Å². The molecule has 5 aromatic rings. The van der Waals surface area contributed by atoms with Crippen LogP contribution in [0.1, 0.15) is 33.3 Å². The number of para-hydroxylation sites is 1. The molecule has 6 rings (SSSR count). The SMILES string of the molecule is COc1ccc(CN2C(=O)c3oc4ccc(Cl)cc4c(=O)c3C2c2cccc(Oc3ccccc3)c2)cc1. The van der Waals surface area contributed by atoms with Gasteiger partial charge < -0.3 is 18.8 Å². The Bertz CT molecular complexity index is 1710. The van der Waals surface area contributed by atoms with Crippen LogP contribution < -0.4 is 14.9 Å². The summed E-state index contributed by atoms with van der Waals surface area (Å²) in [4.78, 5) is 29.2. The maximum atomic E-state index is 13.8. The molecule has 1 amide bonds. The Balaban J connectivity index is 1.48. The van der Waals surface area contributed by atoms with Gasteiger partial charge >= 0.3 is 0 Å².